The van der Waals surface area contributed by atoms with Crippen molar-refractivity contribution in [3.63, 3.8) is 0 Å². The van der Waals surface area contributed by atoms with Crippen molar-refractivity contribution >= 4 is 23.2 Å². The van der Waals surface area contributed by atoms with E-state index < -0.39 is 0 Å². The van der Waals surface area contributed by atoms with Crippen LogP contribution in [0.3, 0.4) is 0 Å². The van der Waals surface area contributed by atoms with Gasteiger partial charge in [0.15, 0.2) is 5.82 Å². The van der Waals surface area contributed by atoms with Crippen molar-refractivity contribution in [2.75, 3.05) is 6.54 Å². The van der Waals surface area contributed by atoms with Gasteiger partial charge in [0.2, 0.25) is 5.89 Å². The van der Waals surface area contributed by atoms with E-state index in [1.807, 2.05) is 18.2 Å². The van der Waals surface area contributed by atoms with E-state index in [4.69, 9.17) is 27.7 Å². The highest BCUT2D eigenvalue weighted by Gasteiger charge is 2.21. The zero-order valence-electron chi connectivity index (χ0n) is 10.9. The lowest BCUT2D eigenvalue weighted by Crippen LogP contribution is -2.27. The predicted molar refractivity (Wildman–Crippen MR) is 78.2 cm³/mol. The first-order valence-corrected chi connectivity index (χ1v) is 7.48. The molecule has 1 fully saturated rings. The zero-order chi connectivity index (χ0) is 13.9. The van der Waals surface area contributed by atoms with Gasteiger partial charge in [0.05, 0.1) is 6.04 Å². The van der Waals surface area contributed by atoms with Crippen molar-refractivity contribution < 1.29 is 4.52 Å². The molecule has 0 saturated carbocycles. The molecule has 0 aliphatic carbocycles. The van der Waals surface area contributed by atoms with Gasteiger partial charge in [-0.1, -0.05) is 40.8 Å². The van der Waals surface area contributed by atoms with Gasteiger partial charge in [-0.05, 0) is 37.1 Å². The van der Waals surface area contributed by atoms with Crippen molar-refractivity contribution in [2.24, 2.45) is 0 Å². The molecule has 1 N–H and O–H groups in total. The average molecular weight is 312 g/mol. The molecule has 1 saturated heterocycles. The van der Waals surface area contributed by atoms with Crippen LogP contribution in [-0.4, -0.2) is 16.7 Å². The van der Waals surface area contributed by atoms with Crippen LogP contribution in [0.4, 0.5) is 0 Å². The molecule has 0 bridgehead atoms. The Morgan fingerprint density at radius 3 is 2.75 bits per heavy atom. The summed E-state index contributed by atoms with van der Waals surface area (Å²) in [6.45, 7) is 0.999. The van der Waals surface area contributed by atoms with Gasteiger partial charge in [-0.15, -0.1) is 0 Å². The van der Waals surface area contributed by atoms with Crippen LogP contribution in [0.2, 0.25) is 10.0 Å². The molecule has 2 heterocycles. The monoisotopic (exact) mass is 311 g/mol. The maximum absolute atomic E-state index is 6.15. The maximum atomic E-state index is 6.15. The van der Waals surface area contributed by atoms with Crippen LogP contribution in [0, 0.1) is 0 Å². The van der Waals surface area contributed by atoms with Crippen LogP contribution < -0.4 is 5.32 Å². The number of nitrogens with one attached hydrogen (secondary N) is 1. The maximum Gasteiger partial charge on any atom is 0.243 e. The minimum Gasteiger partial charge on any atom is -0.338 e. The van der Waals surface area contributed by atoms with Gasteiger partial charge < -0.3 is 9.84 Å². The van der Waals surface area contributed by atoms with Gasteiger partial charge >= 0.3 is 0 Å². The fraction of sp³-hybridized carbons (Fsp3) is 0.429. The molecule has 4 nitrogen and oxygen atoms in total. The van der Waals surface area contributed by atoms with Gasteiger partial charge in [-0.25, -0.2) is 0 Å². The standard InChI is InChI=1S/C14H15Cl2N3O/c15-10-4-3-5-11(16)9(10)8-13-18-14(20-19-13)12-6-1-2-7-17-12/h3-5,12,17H,1-2,6-8H2/t12-/m0/s1. The number of halogens is 2. The Morgan fingerprint density at radius 1 is 1.25 bits per heavy atom. The van der Waals surface area contributed by atoms with Crippen LogP contribution in [0.15, 0.2) is 22.7 Å². The third kappa shape index (κ3) is 2.97. The molecule has 6 heteroatoms. The summed E-state index contributed by atoms with van der Waals surface area (Å²) in [6, 6.07) is 5.62. The molecule has 1 aliphatic heterocycles. The molecule has 0 unspecified atom stereocenters. The Hall–Kier alpha value is -1.10. The Bertz CT molecular complexity index is 574. The summed E-state index contributed by atoms with van der Waals surface area (Å²) < 4.78 is 5.35. The zero-order valence-corrected chi connectivity index (χ0v) is 12.4. The third-order valence-electron chi connectivity index (χ3n) is 3.49. The molecule has 1 atom stereocenters. The van der Waals surface area contributed by atoms with Crippen LogP contribution in [0.1, 0.15) is 42.6 Å². The van der Waals surface area contributed by atoms with E-state index in [1.165, 1.54) is 12.8 Å². The van der Waals surface area contributed by atoms with E-state index in [9.17, 15) is 0 Å². The number of hydrogen-bond donors (Lipinski definition) is 1. The largest absolute Gasteiger partial charge is 0.338 e. The summed E-state index contributed by atoms with van der Waals surface area (Å²) in [5.41, 5.74) is 0.833. The highest BCUT2D eigenvalue weighted by atomic mass is 35.5. The Morgan fingerprint density at radius 2 is 2.05 bits per heavy atom. The fourth-order valence-corrected chi connectivity index (χ4v) is 2.93. The van der Waals surface area contributed by atoms with Crippen molar-refractivity contribution in [3.05, 3.63) is 45.5 Å². The van der Waals surface area contributed by atoms with E-state index >= 15 is 0 Å². The van der Waals surface area contributed by atoms with E-state index in [0.29, 0.717) is 28.2 Å². The van der Waals surface area contributed by atoms with E-state index in [2.05, 4.69) is 15.5 Å². The highest BCUT2D eigenvalue weighted by Crippen LogP contribution is 2.27. The molecule has 3 rings (SSSR count). The molecule has 0 radical (unpaired) electrons. The van der Waals surface area contributed by atoms with Gasteiger partial charge in [0, 0.05) is 16.5 Å². The molecule has 106 valence electrons. The summed E-state index contributed by atoms with van der Waals surface area (Å²) in [4.78, 5) is 4.45. The summed E-state index contributed by atoms with van der Waals surface area (Å²) in [5, 5.41) is 8.66. The molecule has 0 amide bonds. The fourth-order valence-electron chi connectivity index (χ4n) is 2.40. The van der Waals surface area contributed by atoms with Gasteiger partial charge in [-0.3, -0.25) is 0 Å². The van der Waals surface area contributed by atoms with Crippen LogP contribution in [0.5, 0.6) is 0 Å². The third-order valence-corrected chi connectivity index (χ3v) is 4.20. The lowest BCUT2D eigenvalue weighted by molar-refractivity contribution is 0.296. The lowest BCUT2D eigenvalue weighted by atomic mass is 10.1. The average Bonchev–Trinajstić information content (AvgIpc) is 2.93. The number of piperidine rings is 1. The smallest absolute Gasteiger partial charge is 0.243 e. The van der Waals surface area contributed by atoms with Crippen LogP contribution in [-0.2, 0) is 6.42 Å². The second-order valence-corrected chi connectivity index (χ2v) is 5.74. The van der Waals surface area contributed by atoms with Crippen LogP contribution >= 0.6 is 23.2 Å². The number of rotatable bonds is 3. The summed E-state index contributed by atoms with van der Waals surface area (Å²) in [6.07, 6.45) is 3.90. The van der Waals surface area contributed by atoms with Crippen LogP contribution in [0.25, 0.3) is 0 Å². The van der Waals surface area contributed by atoms with Gasteiger partial charge in [0.1, 0.15) is 0 Å². The minimum absolute atomic E-state index is 0.173. The Balaban J connectivity index is 1.77. The van der Waals surface area contributed by atoms with Gasteiger partial charge in [-0.2, -0.15) is 4.98 Å². The van der Waals surface area contributed by atoms with E-state index in [0.717, 1.165) is 18.5 Å². The van der Waals surface area contributed by atoms with E-state index in [-0.39, 0.29) is 6.04 Å². The first kappa shape index (κ1) is 13.9. The van der Waals surface area contributed by atoms with Crippen molar-refractivity contribution in [1.29, 1.82) is 0 Å². The number of benzene rings is 1. The lowest BCUT2D eigenvalue weighted by Gasteiger charge is -2.19. The summed E-state index contributed by atoms with van der Waals surface area (Å²) >= 11 is 12.3. The van der Waals surface area contributed by atoms with Crippen molar-refractivity contribution in [1.82, 2.24) is 15.5 Å². The first-order chi connectivity index (χ1) is 9.74. The normalized spacial score (nSPS) is 19.2. The Kier molecular flexibility index (Phi) is 4.24. The molecule has 1 aliphatic rings. The summed E-state index contributed by atoms with van der Waals surface area (Å²) in [5.74, 6) is 1.27. The first-order valence-electron chi connectivity index (χ1n) is 6.73. The minimum atomic E-state index is 0.173. The highest BCUT2D eigenvalue weighted by molar-refractivity contribution is 6.36. The second-order valence-electron chi connectivity index (χ2n) is 4.93. The predicted octanol–water partition coefficient (Wildman–Crippen LogP) is 3.78. The quantitative estimate of drug-likeness (QED) is 0.937. The molecule has 20 heavy (non-hydrogen) atoms. The molecule has 1 aromatic heterocycles. The summed E-state index contributed by atoms with van der Waals surface area (Å²) in [7, 11) is 0. The van der Waals surface area contributed by atoms with Crippen molar-refractivity contribution in [3.8, 4) is 0 Å². The molecular weight excluding hydrogens is 297 g/mol. The van der Waals surface area contributed by atoms with Crippen molar-refractivity contribution in [2.45, 2.75) is 31.7 Å². The molecule has 2 aromatic rings. The molecular formula is C14H15Cl2N3O. The Labute approximate surface area is 127 Å². The van der Waals surface area contributed by atoms with Gasteiger partial charge in [0.25, 0.3) is 0 Å². The second kappa shape index (κ2) is 6.12. The number of aromatic nitrogens is 2. The SMILES string of the molecule is Clc1cccc(Cl)c1Cc1noc([C@@H]2CCCCN2)n1. The molecule has 1 aromatic carbocycles. The molecule has 0 spiro atoms. The topological polar surface area (TPSA) is 51.0 Å². The van der Waals surface area contributed by atoms with E-state index in [1.54, 1.807) is 0 Å². The number of nitrogens with zero attached hydrogens (tertiary/aromatic N) is 2. The number of hydrogen-bond acceptors (Lipinski definition) is 4.